The number of hydrogen-bond acceptors (Lipinski definition) is 5. The maximum absolute atomic E-state index is 12.4. The number of phenolic OH excluding ortho intramolecular Hbond substituents is 1. The van der Waals surface area contributed by atoms with Crippen molar-refractivity contribution in [2.45, 2.75) is 5.92 Å². The molecule has 1 aliphatic rings. The zero-order valence-corrected chi connectivity index (χ0v) is 14.2. The second kappa shape index (κ2) is 7.69. The number of carbonyl (C=O) groups excluding carboxylic acids is 2. The Labute approximate surface area is 150 Å². The molecule has 0 bridgehead atoms. The zero-order valence-electron chi connectivity index (χ0n) is 14.2. The van der Waals surface area contributed by atoms with Gasteiger partial charge in [-0.3, -0.25) is 9.59 Å². The van der Waals surface area contributed by atoms with E-state index in [0.717, 1.165) is 5.56 Å². The Hall–Kier alpha value is -3.35. The summed E-state index contributed by atoms with van der Waals surface area (Å²) in [6.45, 7) is 0.414. The van der Waals surface area contributed by atoms with E-state index in [1.54, 1.807) is 12.1 Å². The number of carbonyl (C=O) groups is 2. The molecule has 0 radical (unpaired) electrons. The number of phenols is 1. The van der Waals surface area contributed by atoms with Gasteiger partial charge in [-0.2, -0.15) is 5.10 Å². The molecule has 1 saturated heterocycles. The molecule has 0 aliphatic carbocycles. The Balaban J connectivity index is 1.68. The Morgan fingerprint density at radius 1 is 1.31 bits per heavy atom. The van der Waals surface area contributed by atoms with E-state index in [1.165, 1.54) is 19.4 Å². The SMILES string of the molecule is COc1ccc(C=NNC(=O)[C@@H]2C(=O)NC[C@H]2c2ccccc2)cc1O. The molecular formula is C19H19N3O4. The maximum Gasteiger partial charge on any atom is 0.253 e. The van der Waals surface area contributed by atoms with Crippen molar-refractivity contribution in [3.05, 3.63) is 59.7 Å². The molecule has 3 N–H and O–H groups in total. The predicted molar refractivity (Wildman–Crippen MR) is 96.1 cm³/mol. The van der Waals surface area contributed by atoms with E-state index < -0.39 is 11.8 Å². The Kier molecular flexibility index (Phi) is 5.17. The minimum atomic E-state index is -0.834. The molecule has 7 nitrogen and oxygen atoms in total. The second-order valence-electron chi connectivity index (χ2n) is 5.91. The lowest BCUT2D eigenvalue weighted by molar-refractivity contribution is -0.133. The number of benzene rings is 2. The van der Waals surface area contributed by atoms with Gasteiger partial charge in [0, 0.05) is 12.5 Å². The summed E-state index contributed by atoms with van der Waals surface area (Å²) < 4.78 is 4.97. The maximum atomic E-state index is 12.4. The summed E-state index contributed by atoms with van der Waals surface area (Å²) in [7, 11) is 1.46. The summed E-state index contributed by atoms with van der Waals surface area (Å²) in [6, 6.07) is 14.2. The zero-order chi connectivity index (χ0) is 18.5. The molecule has 0 aromatic heterocycles. The lowest BCUT2D eigenvalue weighted by atomic mass is 9.88. The fourth-order valence-corrected chi connectivity index (χ4v) is 2.96. The Morgan fingerprint density at radius 2 is 2.08 bits per heavy atom. The van der Waals surface area contributed by atoms with Crippen LogP contribution in [0, 0.1) is 5.92 Å². The van der Waals surface area contributed by atoms with Crippen molar-refractivity contribution in [2.75, 3.05) is 13.7 Å². The fourth-order valence-electron chi connectivity index (χ4n) is 2.96. The highest BCUT2D eigenvalue weighted by Gasteiger charge is 2.40. The van der Waals surface area contributed by atoms with Crippen LogP contribution in [0.5, 0.6) is 11.5 Å². The topological polar surface area (TPSA) is 100 Å². The molecule has 2 atom stereocenters. The van der Waals surface area contributed by atoms with Gasteiger partial charge in [0.05, 0.1) is 13.3 Å². The van der Waals surface area contributed by atoms with Gasteiger partial charge in [-0.05, 0) is 29.3 Å². The number of rotatable bonds is 5. The molecule has 0 unspecified atom stereocenters. The van der Waals surface area contributed by atoms with Gasteiger partial charge in [-0.25, -0.2) is 5.43 Å². The summed E-state index contributed by atoms with van der Waals surface area (Å²) in [5.74, 6) is -1.53. The van der Waals surface area contributed by atoms with Crippen molar-refractivity contribution in [3.63, 3.8) is 0 Å². The molecule has 0 saturated carbocycles. The highest BCUT2D eigenvalue weighted by molar-refractivity contribution is 6.03. The Bertz CT molecular complexity index is 836. The van der Waals surface area contributed by atoms with E-state index >= 15 is 0 Å². The largest absolute Gasteiger partial charge is 0.504 e. The molecule has 3 rings (SSSR count). The molecule has 1 aliphatic heterocycles. The molecule has 2 aromatic carbocycles. The van der Waals surface area contributed by atoms with Crippen LogP contribution in [0.1, 0.15) is 17.0 Å². The number of nitrogens with one attached hydrogen (secondary N) is 2. The molecule has 134 valence electrons. The standard InChI is InChI=1S/C19H19N3O4/c1-26-16-8-7-12(9-15(16)23)10-21-22-19(25)17-14(11-20-18(17)24)13-5-3-2-4-6-13/h2-10,14,17,23H,11H2,1H3,(H,20,24)(H,22,25)/t14-,17-/m0/s1. The molecule has 2 amide bonds. The molecule has 1 heterocycles. The van der Waals surface area contributed by atoms with Crippen LogP contribution in [0.25, 0.3) is 0 Å². The van der Waals surface area contributed by atoms with Gasteiger partial charge in [0.2, 0.25) is 5.91 Å². The van der Waals surface area contributed by atoms with E-state index in [-0.39, 0.29) is 17.6 Å². The van der Waals surface area contributed by atoms with Crippen LogP contribution in [-0.2, 0) is 9.59 Å². The van der Waals surface area contributed by atoms with Gasteiger partial charge in [0.1, 0.15) is 5.92 Å². The molecule has 26 heavy (non-hydrogen) atoms. The van der Waals surface area contributed by atoms with E-state index in [1.807, 2.05) is 30.3 Å². The van der Waals surface area contributed by atoms with Crippen LogP contribution < -0.4 is 15.5 Å². The summed E-state index contributed by atoms with van der Waals surface area (Å²) in [6.07, 6.45) is 1.39. The van der Waals surface area contributed by atoms with Gasteiger partial charge in [-0.1, -0.05) is 30.3 Å². The Morgan fingerprint density at radius 3 is 2.77 bits per heavy atom. The first-order valence-corrected chi connectivity index (χ1v) is 8.12. The normalized spacial score (nSPS) is 19.3. The lowest BCUT2D eigenvalue weighted by Crippen LogP contribution is -2.34. The smallest absolute Gasteiger partial charge is 0.253 e. The number of amides is 2. The first-order chi connectivity index (χ1) is 12.6. The van der Waals surface area contributed by atoms with E-state index in [9.17, 15) is 14.7 Å². The molecule has 7 heteroatoms. The van der Waals surface area contributed by atoms with Crippen molar-refractivity contribution in [1.82, 2.24) is 10.7 Å². The predicted octanol–water partition coefficient (Wildman–Crippen LogP) is 1.38. The third-order valence-corrected chi connectivity index (χ3v) is 4.28. The number of ether oxygens (including phenoxy) is 1. The quantitative estimate of drug-likeness (QED) is 0.429. The van der Waals surface area contributed by atoms with Gasteiger partial charge in [-0.15, -0.1) is 0 Å². The minimum Gasteiger partial charge on any atom is -0.504 e. The first-order valence-electron chi connectivity index (χ1n) is 8.12. The van der Waals surface area contributed by atoms with Crippen LogP contribution >= 0.6 is 0 Å². The summed E-state index contributed by atoms with van der Waals surface area (Å²) in [5, 5.41) is 16.4. The third-order valence-electron chi connectivity index (χ3n) is 4.28. The van der Waals surface area contributed by atoms with Crippen molar-refractivity contribution in [1.29, 1.82) is 0 Å². The number of aromatic hydroxyl groups is 1. The second-order valence-corrected chi connectivity index (χ2v) is 5.91. The summed E-state index contributed by atoms with van der Waals surface area (Å²) in [5.41, 5.74) is 3.92. The first kappa shape index (κ1) is 17.5. The van der Waals surface area contributed by atoms with Crippen LogP contribution in [0.2, 0.25) is 0 Å². The average Bonchev–Trinajstić information content (AvgIpc) is 3.04. The highest BCUT2D eigenvalue weighted by Crippen LogP contribution is 2.29. The highest BCUT2D eigenvalue weighted by atomic mass is 16.5. The lowest BCUT2D eigenvalue weighted by Gasteiger charge is -2.15. The van der Waals surface area contributed by atoms with Crippen LogP contribution in [0.15, 0.2) is 53.6 Å². The molecule has 0 spiro atoms. The number of hydrogen-bond donors (Lipinski definition) is 3. The van der Waals surface area contributed by atoms with E-state index in [0.29, 0.717) is 17.9 Å². The van der Waals surface area contributed by atoms with Gasteiger partial charge >= 0.3 is 0 Å². The van der Waals surface area contributed by atoms with Crippen molar-refractivity contribution >= 4 is 18.0 Å². The van der Waals surface area contributed by atoms with Crippen molar-refractivity contribution in [2.24, 2.45) is 11.0 Å². The minimum absolute atomic E-state index is 0.0258. The van der Waals surface area contributed by atoms with Gasteiger partial charge in [0.25, 0.3) is 5.91 Å². The van der Waals surface area contributed by atoms with Gasteiger partial charge in [0.15, 0.2) is 11.5 Å². The summed E-state index contributed by atoms with van der Waals surface area (Å²) >= 11 is 0. The number of nitrogens with zero attached hydrogens (tertiary/aromatic N) is 1. The van der Waals surface area contributed by atoms with Crippen LogP contribution in [0.3, 0.4) is 0 Å². The average molecular weight is 353 g/mol. The summed E-state index contributed by atoms with van der Waals surface area (Å²) in [4.78, 5) is 24.5. The number of methoxy groups -OCH3 is 1. The third kappa shape index (κ3) is 3.66. The van der Waals surface area contributed by atoms with Crippen molar-refractivity contribution < 1.29 is 19.4 Å². The van der Waals surface area contributed by atoms with Gasteiger partial charge < -0.3 is 15.2 Å². The fraction of sp³-hybridized carbons (Fsp3) is 0.211. The molecular weight excluding hydrogens is 334 g/mol. The van der Waals surface area contributed by atoms with Crippen LogP contribution in [-0.4, -0.2) is 36.8 Å². The van der Waals surface area contributed by atoms with E-state index in [2.05, 4.69) is 15.8 Å². The van der Waals surface area contributed by atoms with E-state index in [4.69, 9.17) is 4.74 Å². The van der Waals surface area contributed by atoms with Crippen molar-refractivity contribution in [3.8, 4) is 11.5 Å². The number of hydrazone groups is 1. The monoisotopic (exact) mass is 353 g/mol. The molecule has 1 fully saturated rings. The molecule has 2 aromatic rings. The van der Waals surface area contributed by atoms with Crippen LogP contribution in [0.4, 0.5) is 0 Å².